The first kappa shape index (κ1) is 39.5. The summed E-state index contributed by atoms with van der Waals surface area (Å²) in [4.78, 5) is 21.7. The second-order valence-electron chi connectivity index (χ2n) is 11.7. The Morgan fingerprint density at radius 1 is 0.581 bits per heavy atom. The summed E-state index contributed by atoms with van der Waals surface area (Å²) in [6.45, 7) is 3.40. The number of hydrogen-bond donors (Lipinski definition) is 6. The lowest BCUT2D eigenvalue weighted by Gasteiger charge is -2.38. The van der Waals surface area contributed by atoms with Gasteiger partial charge >= 0.3 is 8.60 Å². The van der Waals surface area contributed by atoms with Crippen LogP contribution in [0.1, 0.15) is 127 Å². The van der Waals surface area contributed by atoms with Crippen molar-refractivity contribution in [2.24, 2.45) is 5.41 Å². The number of aliphatic hydroxyl groups excluding tert-OH is 3. The molecule has 2 aromatic rings. The van der Waals surface area contributed by atoms with E-state index < -0.39 is 20.1 Å². The van der Waals surface area contributed by atoms with Gasteiger partial charge in [-0.25, -0.2) is 0 Å². The van der Waals surface area contributed by atoms with E-state index in [2.05, 4.69) is 26.0 Å². The van der Waals surface area contributed by atoms with E-state index in [9.17, 15) is 15.3 Å². The molecule has 0 aliphatic carbocycles. The smallest absolute Gasteiger partial charge is 0.324 e. The molecule has 0 radical (unpaired) electrons. The van der Waals surface area contributed by atoms with Gasteiger partial charge in [-0.1, -0.05) is 133 Å². The van der Waals surface area contributed by atoms with Crippen LogP contribution in [-0.2, 0) is 12.8 Å². The first-order valence-corrected chi connectivity index (χ1v) is 17.6. The Bertz CT molecular complexity index is 925. The van der Waals surface area contributed by atoms with Crippen LogP contribution in [0.25, 0.3) is 0 Å². The fourth-order valence-electron chi connectivity index (χ4n) is 5.43. The van der Waals surface area contributed by atoms with E-state index in [4.69, 9.17) is 19.4 Å². The third-order valence-electron chi connectivity index (χ3n) is 8.16. The third kappa shape index (κ3) is 15.8. The molecular formula is C35H59O7P. The lowest BCUT2D eigenvalue weighted by atomic mass is 9.78. The molecule has 0 aliphatic heterocycles. The number of para-hydroxylation sites is 1. The van der Waals surface area contributed by atoms with Crippen LogP contribution in [0.15, 0.2) is 48.5 Å². The summed E-state index contributed by atoms with van der Waals surface area (Å²) in [6.07, 6.45) is 18.7. The standard InChI is InChI=1S/C35H56O4.H3O3P/c1-3-5-7-9-11-13-15-21-30-22-17-19-25-32(30)34(35(27-36,28-37)29-38)39-33-26-20-18-24-31(33)23-16-14-12-10-8-6-4-2;1-4(2)3/h17-20,22,24-26,34,36-38H,3-16,21,23,27-29H2,1-2H3;1-3H. The van der Waals surface area contributed by atoms with Crippen molar-refractivity contribution in [1.29, 1.82) is 0 Å². The number of benzene rings is 2. The monoisotopic (exact) mass is 622 g/mol. The zero-order chi connectivity index (χ0) is 31.8. The zero-order valence-corrected chi connectivity index (χ0v) is 27.6. The van der Waals surface area contributed by atoms with Gasteiger partial charge in [0.15, 0.2) is 0 Å². The highest BCUT2D eigenvalue weighted by atomic mass is 31.2. The Labute approximate surface area is 262 Å². The van der Waals surface area contributed by atoms with E-state index in [1.165, 1.54) is 82.6 Å². The normalized spacial score (nSPS) is 12.2. The molecule has 0 saturated heterocycles. The predicted molar refractivity (Wildman–Crippen MR) is 177 cm³/mol. The van der Waals surface area contributed by atoms with E-state index in [1.54, 1.807) is 0 Å². The molecule has 0 spiro atoms. The molecule has 2 rings (SSSR count). The van der Waals surface area contributed by atoms with Gasteiger partial charge in [0.05, 0.1) is 25.2 Å². The summed E-state index contributed by atoms with van der Waals surface area (Å²) in [7, 11) is -2.62. The molecule has 6 N–H and O–H groups in total. The Morgan fingerprint density at radius 3 is 1.47 bits per heavy atom. The van der Waals surface area contributed by atoms with Crippen LogP contribution < -0.4 is 4.74 Å². The van der Waals surface area contributed by atoms with Crippen molar-refractivity contribution >= 4 is 8.60 Å². The van der Waals surface area contributed by atoms with E-state index in [-0.39, 0.29) is 19.8 Å². The molecule has 0 heterocycles. The molecule has 0 amide bonds. The first-order chi connectivity index (χ1) is 20.9. The molecule has 0 bridgehead atoms. The maximum Gasteiger partial charge on any atom is 0.324 e. The highest BCUT2D eigenvalue weighted by molar-refractivity contribution is 7.38. The van der Waals surface area contributed by atoms with Gasteiger partial charge in [-0.15, -0.1) is 0 Å². The van der Waals surface area contributed by atoms with Gasteiger partial charge in [0.1, 0.15) is 11.9 Å². The molecule has 246 valence electrons. The molecule has 0 aliphatic rings. The van der Waals surface area contributed by atoms with E-state index in [1.807, 2.05) is 36.4 Å². The molecule has 0 fully saturated rings. The van der Waals surface area contributed by atoms with Gasteiger partial charge in [-0.2, -0.15) is 0 Å². The fraction of sp³-hybridized carbons (Fsp3) is 0.657. The molecule has 0 aromatic heterocycles. The average molecular weight is 623 g/mol. The number of rotatable bonds is 23. The number of ether oxygens (including phenoxy) is 1. The Balaban J connectivity index is 0.00000217. The molecule has 7 nitrogen and oxygen atoms in total. The van der Waals surface area contributed by atoms with Crippen LogP contribution in [0.4, 0.5) is 0 Å². The van der Waals surface area contributed by atoms with Crippen molar-refractivity contribution < 1.29 is 34.7 Å². The van der Waals surface area contributed by atoms with Crippen LogP contribution in [0.3, 0.4) is 0 Å². The van der Waals surface area contributed by atoms with E-state index in [0.717, 1.165) is 42.6 Å². The Morgan fingerprint density at radius 2 is 0.977 bits per heavy atom. The number of unbranched alkanes of at least 4 members (excludes halogenated alkanes) is 12. The van der Waals surface area contributed by atoms with Crippen LogP contribution in [0.2, 0.25) is 0 Å². The summed E-state index contributed by atoms with van der Waals surface area (Å²) in [5.74, 6) is 0.777. The van der Waals surface area contributed by atoms with E-state index >= 15 is 0 Å². The average Bonchev–Trinajstić information content (AvgIpc) is 3.01. The number of aryl methyl sites for hydroxylation is 2. The van der Waals surface area contributed by atoms with Crippen molar-refractivity contribution in [3.8, 4) is 5.75 Å². The fourth-order valence-corrected chi connectivity index (χ4v) is 5.43. The van der Waals surface area contributed by atoms with Gasteiger partial charge in [-0.05, 0) is 48.4 Å². The molecule has 2 aromatic carbocycles. The van der Waals surface area contributed by atoms with Crippen molar-refractivity contribution in [3.63, 3.8) is 0 Å². The summed E-state index contributed by atoms with van der Waals surface area (Å²) in [6, 6.07) is 16.3. The first-order valence-electron chi connectivity index (χ1n) is 16.4. The third-order valence-corrected chi connectivity index (χ3v) is 8.16. The lowest BCUT2D eigenvalue weighted by molar-refractivity contribution is -0.0747. The highest BCUT2D eigenvalue weighted by Gasteiger charge is 2.42. The molecule has 8 heteroatoms. The molecule has 43 heavy (non-hydrogen) atoms. The number of aliphatic hydroxyl groups is 3. The van der Waals surface area contributed by atoms with Crippen molar-refractivity contribution in [3.05, 3.63) is 65.2 Å². The lowest BCUT2D eigenvalue weighted by Crippen LogP contribution is -2.43. The van der Waals surface area contributed by atoms with Crippen molar-refractivity contribution in [2.75, 3.05) is 19.8 Å². The SMILES string of the molecule is CCCCCCCCCc1ccccc1OC(c1ccccc1CCCCCCCCC)C(CO)(CO)CO.OP(O)O. The summed E-state index contributed by atoms with van der Waals surface area (Å²) < 4.78 is 6.71. The van der Waals surface area contributed by atoms with Crippen LogP contribution >= 0.6 is 8.60 Å². The zero-order valence-electron chi connectivity index (χ0n) is 26.7. The predicted octanol–water partition coefficient (Wildman–Crippen LogP) is 7.55. The minimum Gasteiger partial charge on any atom is -0.485 e. The summed E-state index contributed by atoms with van der Waals surface area (Å²) >= 11 is 0. The molecule has 0 saturated carbocycles. The van der Waals surface area contributed by atoms with Crippen LogP contribution in [-0.4, -0.2) is 49.8 Å². The van der Waals surface area contributed by atoms with Gasteiger partial charge < -0.3 is 34.7 Å². The van der Waals surface area contributed by atoms with Crippen LogP contribution in [0, 0.1) is 5.41 Å². The molecule has 1 atom stereocenters. The van der Waals surface area contributed by atoms with Crippen LogP contribution in [0.5, 0.6) is 5.75 Å². The molecular weight excluding hydrogens is 563 g/mol. The topological polar surface area (TPSA) is 131 Å². The Hall–Kier alpha value is -1.57. The maximum atomic E-state index is 10.4. The minimum atomic E-state index is -2.62. The second-order valence-corrected chi connectivity index (χ2v) is 12.2. The largest absolute Gasteiger partial charge is 0.485 e. The quantitative estimate of drug-likeness (QED) is 0.0557. The Kier molecular flexibility index (Phi) is 22.7. The second kappa shape index (κ2) is 24.7. The number of hydrogen-bond acceptors (Lipinski definition) is 7. The van der Waals surface area contributed by atoms with Gasteiger partial charge in [0.25, 0.3) is 0 Å². The van der Waals surface area contributed by atoms with Gasteiger partial charge in [0, 0.05) is 0 Å². The maximum absolute atomic E-state index is 10.4. The molecule has 1 unspecified atom stereocenters. The van der Waals surface area contributed by atoms with Crippen molar-refractivity contribution in [2.45, 2.75) is 123 Å². The van der Waals surface area contributed by atoms with Gasteiger partial charge in [-0.3, -0.25) is 0 Å². The summed E-state index contributed by atoms with van der Waals surface area (Å²) in [5.41, 5.74) is 2.07. The van der Waals surface area contributed by atoms with E-state index in [0.29, 0.717) is 0 Å². The van der Waals surface area contributed by atoms with Gasteiger partial charge in [0.2, 0.25) is 0 Å². The summed E-state index contributed by atoms with van der Waals surface area (Å²) in [5, 5.41) is 31.3. The minimum absolute atomic E-state index is 0.365. The van der Waals surface area contributed by atoms with Crippen molar-refractivity contribution in [1.82, 2.24) is 0 Å². The highest BCUT2D eigenvalue weighted by Crippen LogP contribution is 2.40.